The molecule has 1 aromatic heterocycles. The maximum absolute atomic E-state index is 12.2. The Kier molecular flexibility index (Phi) is 5.57. The van der Waals surface area contributed by atoms with Gasteiger partial charge in [0.05, 0.1) is 0 Å². The first-order chi connectivity index (χ1) is 9.51. The van der Waals surface area contributed by atoms with Crippen LogP contribution in [0.15, 0.2) is 27.8 Å². The summed E-state index contributed by atoms with van der Waals surface area (Å²) in [5.41, 5.74) is 0. The van der Waals surface area contributed by atoms with Crippen molar-refractivity contribution in [3.8, 4) is 0 Å². The monoisotopic (exact) mass is 360 g/mol. The van der Waals surface area contributed by atoms with Gasteiger partial charge in [-0.1, -0.05) is 26.2 Å². The van der Waals surface area contributed by atoms with Gasteiger partial charge in [-0.15, -0.1) is 0 Å². The normalized spacial score (nSPS) is 23.7. The van der Waals surface area contributed by atoms with E-state index < -0.39 is 10.0 Å². The van der Waals surface area contributed by atoms with Gasteiger partial charge < -0.3 is 0 Å². The van der Waals surface area contributed by atoms with Gasteiger partial charge in [0.1, 0.15) is 4.90 Å². The Bertz CT molecular complexity index is 540. The Morgan fingerprint density at radius 3 is 2.50 bits per heavy atom. The van der Waals surface area contributed by atoms with E-state index in [1.54, 1.807) is 12.3 Å². The molecular weight excluding hydrogens is 340 g/mol. The number of hydrogen-bond acceptors (Lipinski definition) is 3. The van der Waals surface area contributed by atoms with Crippen molar-refractivity contribution in [1.29, 1.82) is 0 Å². The minimum absolute atomic E-state index is 0.217. The highest BCUT2D eigenvalue weighted by Gasteiger charge is 2.22. The second-order valence-electron chi connectivity index (χ2n) is 5.49. The van der Waals surface area contributed by atoms with Gasteiger partial charge >= 0.3 is 0 Å². The topological polar surface area (TPSA) is 59.1 Å². The summed E-state index contributed by atoms with van der Waals surface area (Å²) in [7, 11) is -3.44. The maximum Gasteiger partial charge on any atom is 0.242 e. The molecule has 0 aliphatic heterocycles. The van der Waals surface area contributed by atoms with Crippen LogP contribution < -0.4 is 4.72 Å². The molecule has 1 aliphatic carbocycles. The molecule has 0 bridgehead atoms. The second kappa shape index (κ2) is 7.00. The van der Waals surface area contributed by atoms with Crippen LogP contribution in [0.1, 0.15) is 39.0 Å². The van der Waals surface area contributed by atoms with Crippen molar-refractivity contribution in [2.75, 3.05) is 6.54 Å². The van der Waals surface area contributed by atoms with E-state index in [1.807, 2.05) is 0 Å². The third kappa shape index (κ3) is 4.27. The zero-order valence-corrected chi connectivity index (χ0v) is 14.1. The fourth-order valence-corrected chi connectivity index (χ4v) is 4.31. The maximum atomic E-state index is 12.2. The highest BCUT2D eigenvalue weighted by atomic mass is 79.9. The number of sulfonamides is 1. The average molecular weight is 361 g/mol. The largest absolute Gasteiger partial charge is 0.262 e. The summed E-state index contributed by atoms with van der Waals surface area (Å²) >= 11 is 3.24. The summed E-state index contributed by atoms with van der Waals surface area (Å²) in [4.78, 5) is 4.12. The molecule has 2 rings (SSSR count). The number of nitrogens with one attached hydrogen (secondary N) is 1. The molecule has 0 aromatic carbocycles. The molecule has 112 valence electrons. The molecule has 0 atom stereocenters. The molecule has 1 aliphatic rings. The third-order valence-electron chi connectivity index (χ3n) is 4.10. The Balaban J connectivity index is 1.90. The van der Waals surface area contributed by atoms with Crippen LogP contribution in [0, 0.1) is 11.8 Å². The van der Waals surface area contributed by atoms with Gasteiger partial charge in [0.25, 0.3) is 0 Å². The van der Waals surface area contributed by atoms with Crippen molar-refractivity contribution < 1.29 is 8.42 Å². The first-order valence-corrected chi connectivity index (χ1v) is 9.39. The Hall–Kier alpha value is -0.460. The zero-order valence-electron chi connectivity index (χ0n) is 11.7. The molecule has 4 nitrogen and oxygen atoms in total. The van der Waals surface area contributed by atoms with Gasteiger partial charge in [0.2, 0.25) is 10.0 Å². The number of rotatable bonds is 5. The van der Waals surface area contributed by atoms with E-state index in [9.17, 15) is 8.42 Å². The van der Waals surface area contributed by atoms with Crippen molar-refractivity contribution in [1.82, 2.24) is 9.71 Å². The predicted octanol–water partition coefficient (Wildman–Crippen LogP) is 3.34. The molecule has 0 unspecified atom stereocenters. The SMILES string of the molecule is CCC1CCC(CNS(=O)(=O)c2cncc(Br)c2)CC1. The number of aromatic nitrogens is 1. The molecular formula is C14H21BrN2O2S. The molecule has 0 saturated heterocycles. The summed E-state index contributed by atoms with van der Waals surface area (Å²) in [5, 5.41) is 0. The smallest absolute Gasteiger partial charge is 0.242 e. The molecule has 1 aromatic rings. The quantitative estimate of drug-likeness (QED) is 0.875. The molecule has 6 heteroatoms. The first-order valence-electron chi connectivity index (χ1n) is 7.11. The Labute approximate surface area is 129 Å². The summed E-state index contributed by atoms with van der Waals surface area (Å²) < 4.78 is 27.7. The fourth-order valence-electron chi connectivity index (χ4n) is 2.69. The number of pyridine rings is 1. The fraction of sp³-hybridized carbons (Fsp3) is 0.643. The van der Waals surface area contributed by atoms with E-state index in [0.29, 0.717) is 16.9 Å². The van der Waals surface area contributed by atoms with Crippen molar-refractivity contribution in [2.45, 2.75) is 43.9 Å². The number of hydrogen-bond donors (Lipinski definition) is 1. The van der Waals surface area contributed by atoms with E-state index in [1.165, 1.54) is 25.5 Å². The molecule has 20 heavy (non-hydrogen) atoms. The van der Waals surface area contributed by atoms with Crippen LogP contribution in [0.3, 0.4) is 0 Å². The lowest BCUT2D eigenvalue weighted by Gasteiger charge is -2.27. The van der Waals surface area contributed by atoms with Crippen molar-refractivity contribution >= 4 is 26.0 Å². The van der Waals surface area contributed by atoms with E-state index in [4.69, 9.17) is 0 Å². The standard InChI is InChI=1S/C14H21BrN2O2S/c1-2-11-3-5-12(6-4-11)8-17-20(18,19)14-7-13(15)9-16-10-14/h7,9-12,17H,2-6,8H2,1H3. The predicted molar refractivity (Wildman–Crippen MR) is 82.9 cm³/mol. The van der Waals surface area contributed by atoms with Crippen LogP contribution in [-0.2, 0) is 10.0 Å². The van der Waals surface area contributed by atoms with Crippen LogP contribution >= 0.6 is 15.9 Å². The van der Waals surface area contributed by atoms with Gasteiger partial charge in [0.15, 0.2) is 0 Å². The Morgan fingerprint density at radius 2 is 1.90 bits per heavy atom. The summed E-state index contributed by atoms with van der Waals surface area (Å²) in [6.07, 6.45) is 8.88. The summed E-state index contributed by atoms with van der Waals surface area (Å²) in [5.74, 6) is 1.30. The van der Waals surface area contributed by atoms with Gasteiger partial charge in [-0.2, -0.15) is 0 Å². The molecule has 1 N–H and O–H groups in total. The second-order valence-corrected chi connectivity index (χ2v) is 8.17. The van der Waals surface area contributed by atoms with Crippen molar-refractivity contribution in [3.63, 3.8) is 0 Å². The summed E-state index contributed by atoms with van der Waals surface area (Å²) in [6, 6.07) is 1.57. The van der Waals surface area contributed by atoms with Crippen LogP contribution in [0.2, 0.25) is 0 Å². The third-order valence-corrected chi connectivity index (χ3v) is 5.92. The van der Waals surface area contributed by atoms with Crippen LogP contribution in [0.4, 0.5) is 0 Å². The van der Waals surface area contributed by atoms with Crippen molar-refractivity contribution in [2.24, 2.45) is 11.8 Å². The molecule has 1 fully saturated rings. The lowest BCUT2D eigenvalue weighted by molar-refractivity contribution is 0.270. The van der Waals surface area contributed by atoms with Gasteiger partial charge in [-0.25, -0.2) is 13.1 Å². The molecule has 0 radical (unpaired) electrons. The average Bonchev–Trinajstić information content (AvgIpc) is 2.46. The van der Waals surface area contributed by atoms with Crippen molar-refractivity contribution in [3.05, 3.63) is 22.9 Å². The minimum atomic E-state index is -3.44. The molecule has 0 amide bonds. The van der Waals surface area contributed by atoms with E-state index in [0.717, 1.165) is 18.8 Å². The molecule has 1 saturated carbocycles. The molecule has 1 heterocycles. The Morgan fingerprint density at radius 1 is 1.25 bits per heavy atom. The van der Waals surface area contributed by atoms with Crippen LogP contribution in [0.5, 0.6) is 0 Å². The van der Waals surface area contributed by atoms with Crippen LogP contribution in [0.25, 0.3) is 0 Å². The van der Waals surface area contributed by atoms with Gasteiger partial charge in [0, 0.05) is 23.4 Å². The summed E-state index contributed by atoms with van der Waals surface area (Å²) in [6.45, 7) is 2.76. The highest BCUT2D eigenvalue weighted by molar-refractivity contribution is 9.10. The zero-order chi connectivity index (χ0) is 14.6. The first kappa shape index (κ1) is 15.9. The van der Waals surface area contributed by atoms with E-state index in [2.05, 4.69) is 32.6 Å². The van der Waals surface area contributed by atoms with Crippen LogP contribution in [-0.4, -0.2) is 19.9 Å². The van der Waals surface area contributed by atoms with Gasteiger partial charge in [-0.05, 0) is 46.7 Å². The lowest BCUT2D eigenvalue weighted by Crippen LogP contribution is -2.31. The van der Waals surface area contributed by atoms with Gasteiger partial charge in [-0.3, -0.25) is 4.98 Å². The molecule has 0 spiro atoms. The van der Waals surface area contributed by atoms with E-state index >= 15 is 0 Å². The van der Waals surface area contributed by atoms with E-state index in [-0.39, 0.29) is 4.90 Å². The number of halogens is 1. The minimum Gasteiger partial charge on any atom is -0.262 e. The number of nitrogens with zero attached hydrogens (tertiary/aromatic N) is 1. The lowest BCUT2D eigenvalue weighted by atomic mass is 9.81. The highest BCUT2D eigenvalue weighted by Crippen LogP contribution is 2.30.